The van der Waals surface area contributed by atoms with Gasteiger partial charge in [-0.2, -0.15) is 0 Å². The molecule has 132 valence electrons. The summed E-state index contributed by atoms with van der Waals surface area (Å²) in [7, 11) is -3.53. The number of hydrogen-bond acceptors (Lipinski definition) is 3. The van der Waals surface area contributed by atoms with Gasteiger partial charge >= 0.3 is 0 Å². The van der Waals surface area contributed by atoms with Gasteiger partial charge in [-0.25, -0.2) is 8.42 Å². The highest BCUT2D eigenvalue weighted by Crippen LogP contribution is 2.29. The number of rotatable bonds is 4. The molecule has 0 saturated carbocycles. The minimum Gasteiger partial charge on any atom is -0.338 e. The molecule has 7 heteroatoms. The van der Waals surface area contributed by atoms with Gasteiger partial charge < -0.3 is 4.90 Å². The smallest absolute Gasteiger partial charge is 0.253 e. The molecule has 0 N–H and O–H groups in total. The van der Waals surface area contributed by atoms with Crippen molar-refractivity contribution in [1.29, 1.82) is 0 Å². The SMILES string of the molecule is O=C(c1ccccc1)N1CCC(CS(=O)(=O)c2ccc(Cl)cc2Cl)C1. The van der Waals surface area contributed by atoms with Crippen LogP contribution >= 0.6 is 23.2 Å². The highest BCUT2D eigenvalue weighted by Gasteiger charge is 2.31. The Morgan fingerprint density at radius 3 is 2.52 bits per heavy atom. The number of benzene rings is 2. The summed E-state index contributed by atoms with van der Waals surface area (Å²) in [6, 6.07) is 13.4. The van der Waals surface area contributed by atoms with Gasteiger partial charge in [-0.05, 0) is 42.7 Å². The van der Waals surface area contributed by atoms with E-state index in [1.165, 1.54) is 18.2 Å². The highest BCUT2D eigenvalue weighted by molar-refractivity contribution is 7.91. The minimum atomic E-state index is -3.53. The van der Waals surface area contributed by atoms with Crippen molar-refractivity contribution in [3.8, 4) is 0 Å². The van der Waals surface area contributed by atoms with Crippen molar-refractivity contribution in [2.75, 3.05) is 18.8 Å². The molecule has 1 aliphatic rings. The van der Waals surface area contributed by atoms with Crippen molar-refractivity contribution in [3.63, 3.8) is 0 Å². The maximum Gasteiger partial charge on any atom is 0.253 e. The molecule has 1 unspecified atom stereocenters. The average Bonchev–Trinajstić information content (AvgIpc) is 3.02. The standard InChI is InChI=1S/C18H17Cl2NO3S/c19-15-6-7-17(16(20)10-15)25(23,24)12-13-8-9-21(11-13)18(22)14-4-2-1-3-5-14/h1-7,10,13H,8-9,11-12H2. The van der Waals surface area contributed by atoms with Gasteiger partial charge in [0.1, 0.15) is 0 Å². The average molecular weight is 398 g/mol. The van der Waals surface area contributed by atoms with Crippen LogP contribution in [0.5, 0.6) is 0 Å². The molecule has 2 aromatic carbocycles. The summed E-state index contributed by atoms with van der Waals surface area (Å²) in [5.41, 5.74) is 0.617. The maximum absolute atomic E-state index is 12.6. The zero-order valence-corrected chi connectivity index (χ0v) is 15.7. The van der Waals surface area contributed by atoms with E-state index in [1.54, 1.807) is 17.0 Å². The number of carbonyl (C=O) groups excluding carboxylic acids is 1. The van der Waals surface area contributed by atoms with Gasteiger partial charge in [0.2, 0.25) is 0 Å². The number of nitrogens with zero attached hydrogens (tertiary/aromatic N) is 1. The normalized spacial score (nSPS) is 17.7. The number of carbonyl (C=O) groups is 1. The fraction of sp³-hybridized carbons (Fsp3) is 0.278. The molecule has 0 radical (unpaired) electrons. The van der Waals surface area contributed by atoms with Crippen molar-refractivity contribution in [3.05, 3.63) is 64.1 Å². The molecule has 1 fully saturated rings. The molecule has 0 aromatic heterocycles. The first-order valence-corrected chi connectivity index (χ1v) is 10.3. The molecule has 1 amide bonds. The lowest BCUT2D eigenvalue weighted by molar-refractivity contribution is 0.0788. The second-order valence-electron chi connectivity index (χ2n) is 6.13. The van der Waals surface area contributed by atoms with Crippen molar-refractivity contribution in [2.24, 2.45) is 5.92 Å². The van der Waals surface area contributed by atoms with Crippen LogP contribution in [-0.2, 0) is 9.84 Å². The topological polar surface area (TPSA) is 54.5 Å². The lowest BCUT2D eigenvalue weighted by Gasteiger charge is -2.17. The molecule has 0 spiro atoms. The summed E-state index contributed by atoms with van der Waals surface area (Å²) in [5.74, 6) is -0.207. The van der Waals surface area contributed by atoms with Gasteiger partial charge in [0.15, 0.2) is 9.84 Å². The van der Waals surface area contributed by atoms with Gasteiger partial charge in [-0.3, -0.25) is 4.79 Å². The lowest BCUT2D eigenvalue weighted by Crippen LogP contribution is -2.29. The number of halogens is 2. The summed E-state index contributed by atoms with van der Waals surface area (Å²) in [6.07, 6.45) is 0.656. The summed E-state index contributed by atoms with van der Waals surface area (Å²) in [6.45, 7) is 0.987. The van der Waals surface area contributed by atoms with Crippen LogP contribution in [0.15, 0.2) is 53.4 Å². The second-order valence-corrected chi connectivity index (χ2v) is 8.97. The zero-order valence-electron chi connectivity index (χ0n) is 13.4. The van der Waals surface area contributed by atoms with Crippen molar-refractivity contribution < 1.29 is 13.2 Å². The van der Waals surface area contributed by atoms with E-state index in [-0.39, 0.29) is 27.5 Å². The Kier molecular flexibility index (Phi) is 5.37. The van der Waals surface area contributed by atoms with E-state index in [2.05, 4.69) is 0 Å². The van der Waals surface area contributed by atoms with E-state index >= 15 is 0 Å². The van der Waals surface area contributed by atoms with Crippen molar-refractivity contribution in [1.82, 2.24) is 4.90 Å². The van der Waals surface area contributed by atoms with Gasteiger partial charge in [0, 0.05) is 23.7 Å². The van der Waals surface area contributed by atoms with Crippen LogP contribution in [0.3, 0.4) is 0 Å². The summed E-state index contributed by atoms with van der Waals surface area (Å²) in [4.78, 5) is 14.3. The van der Waals surface area contributed by atoms with Gasteiger partial charge in [0.25, 0.3) is 5.91 Å². The molecule has 1 heterocycles. The molecule has 25 heavy (non-hydrogen) atoms. The third-order valence-electron chi connectivity index (χ3n) is 4.28. The Hall–Kier alpha value is -1.56. The van der Waals surface area contributed by atoms with Gasteiger partial charge in [-0.1, -0.05) is 41.4 Å². The summed E-state index contributed by atoms with van der Waals surface area (Å²) < 4.78 is 25.3. The largest absolute Gasteiger partial charge is 0.338 e. The molecule has 0 aliphatic carbocycles. The monoisotopic (exact) mass is 397 g/mol. The maximum atomic E-state index is 12.6. The predicted octanol–water partition coefficient (Wildman–Crippen LogP) is 3.93. The lowest BCUT2D eigenvalue weighted by atomic mass is 10.1. The molecule has 2 aromatic rings. The van der Waals surface area contributed by atoms with E-state index in [0.29, 0.717) is 30.1 Å². The van der Waals surface area contributed by atoms with Crippen molar-refractivity contribution >= 4 is 38.9 Å². The first-order valence-electron chi connectivity index (χ1n) is 7.89. The Labute approximate surface area is 157 Å². The Morgan fingerprint density at radius 2 is 1.84 bits per heavy atom. The molecule has 1 atom stereocenters. The van der Waals surface area contributed by atoms with E-state index < -0.39 is 9.84 Å². The summed E-state index contributed by atoms with van der Waals surface area (Å²) in [5, 5.41) is 0.521. The van der Waals surface area contributed by atoms with Crippen molar-refractivity contribution in [2.45, 2.75) is 11.3 Å². The number of amides is 1. The molecule has 4 nitrogen and oxygen atoms in total. The third kappa shape index (κ3) is 4.17. The third-order valence-corrected chi connectivity index (χ3v) is 6.87. The van der Waals surface area contributed by atoms with Crippen LogP contribution in [0.2, 0.25) is 10.0 Å². The fourth-order valence-corrected chi connectivity index (χ4v) is 5.51. The Bertz CT molecular complexity index is 884. The van der Waals surface area contributed by atoms with Crippen LogP contribution in [0.4, 0.5) is 0 Å². The number of sulfone groups is 1. The summed E-state index contributed by atoms with van der Waals surface area (Å²) >= 11 is 11.9. The second kappa shape index (κ2) is 7.36. The van der Waals surface area contributed by atoms with Gasteiger partial charge in [0.05, 0.1) is 15.7 Å². The van der Waals surface area contributed by atoms with Crippen LogP contribution in [0.1, 0.15) is 16.8 Å². The van der Waals surface area contributed by atoms with E-state index in [9.17, 15) is 13.2 Å². The first kappa shape index (κ1) is 18.2. The van der Waals surface area contributed by atoms with Crippen LogP contribution in [0, 0.1) is 5.92 Å². The quantitative estimate of drug-likeness (QED) is 0.784. The molecule has 1 saturated heterocycles. The fourth-order valence-electron chi connectivity index (χ4n) is 3.04. The van der Waals surface area contributed by atoms with Crippen LogP contribution in [-0.4, -0.2) is 38.1 Å². The molecular formula is C18H17Cl2NO3S. The van der Waals surface area contributed by atoms with E-state index in [1.807, 2.05) is 18.2 Å². The minimum absolute atomic E-state index is 0.0348. The molecule has 0 bridgehead atoms. The van der Waals surface area contributed by atoms with Crippen LogP contribution in [0.25, 0.3) is 0 Å². The zero-order chi connectivity index (χ0) is 18.0. The van der Waals surface area contributed by atoms with E-state index in [0.717, 1.165) is 0 Å². The van der Waals surface area contributed by atoms with Crippen LogP contribution < -0.4 is 0 Å². The molecular weight excluding hydrogens is 381 g/mol. The van der Waals surface area contributed by atoms with Gasteiger partial charge in [-0.15, -0.1) is 0 Å². The highest BCUT2D eigenvalue weighted by atomic mass is 35.5. The first-order chi connectivity index (χ1) is 11.9. The number of likely N-dealkylation sites (tertiary alicyclic amines) is 1. The predicted molar refractivity (Wildman–Crippen MR) is 99.0 cm³/mol. The molecule has 3 rings (SSSR count). The van der Waals surface area contributed by atoms with E-state index in [4.69, 9.17) is 23.2 Å². The Balaban J connectivity index is 1.69. The number of hydrogen-bond donors (Lipinski definition) is 0. The Morgan fingerprint density at radius 1 is 1.12 bits per heavy atom. The molecule has 1 aliphatic heterocycles.